The van der Waals surface area contributed by atoms with E-state index in [2.05, 4.69) is 5.92 Å². The third-order valence-corrected chi connectivity index (χ3v) is 7.40. The van der Waals surface area contributed by atoms with E-state index in [-0.39, 0.29) is 30.5 Å². The van der Waals surface area contributed by atoms with Crippen molar-refractivity contribution in [2.24, 2.45) is 29.1 Å². The number of ketones is 1. The van der Waals surface area contributed by atoms with Gasteiger partial charge in [0, 0.05) is 18.7 Å². The second-order valence-electron chi connectivity index (χ2n) is 7.98. The maximum Gasteiger partial charge on any atom is 0.155 e. The molecular formula is C21H28O2. The minimum Gasteiger partial charge on any atom is -0.377 e. The Labute approximate surface area is 146 Å². The van der Waals surface area contributed by atoms with Crippen molar-refractivity contribution in [3.8, 4) is 12.3 Å². The monoisotopic (exact) mass is 317 g/mol. The second-order valence-corrected chi connectivity index (χ2v) is 7.98. The Morgan fingerprint density at radius 3 is 3.00 bits per heavy atom. The van der Waals surface area contributed by atoms with Crippen LogP contribution in [0.3, 0.4) is 0 Å². The SMILES string of the molecule is [2H]C([2H])([2H])C([2H])([2H])[C@@]12CC[C@@H]3[C@H](CCC4=CC(=O)CC[C@H]43)[C@H]1CC[C@]2(O)C#C. The van der Waals surface area contributed by atoms with Crippen LogP contribution >= 0.6 is 0 Å². The molecule has 0 aromatic carbocycles. The molecule has 2 nitrogen and oxygen atoms in total. The van der Waals surface area contributed by atoms with Gasteiger partial charge in [0.25, 0.3) is 0 Å². The minimum absolute atomic E-state index is 0.143. The van der Waals surface area contributed by atoms with Gasteiger partial charge in [-0.2, -0.15) is 0 Å². The normalized spacial score (nSPS) is 53.1. The molecule has 4 aliphatic rings. The van der Waals surface area contributed by atoms with Crippen LogP contribution in [0.4, 0.5) is 0 Å². The molecule has 0 radical (unpaired) electrons. The lowest BCUT2D eigenvalue weighted by Crippen LogP contribution is -2.53. The highest BCUT2D eigenvalue weighted by molar-refractivity contribution is 5.91. The molecule has 1 N–H and O–H groups in total. The summed E-state index contributed by atoms with van der Waals surface area (Å²) in [5.74, 6) is 3.16. The summed E-state index contributed by atoms with van der Waals surface area (Å²) < 4.78 is 41.0. The molecule has 0 bridgehead atoms. The lowest BCUT2D eigenvalue weighted by atomic mass is 9.49. The van der Waals surface area contributed by atoms with Crippen LogP contribution in [0.25, 0.3) is 0 Å². The molecule has 0 saturated heterocycles. The van der Waals surface area contributed by atoms with E-state index in [0.29, 0.717) is 31.1 Å². The number of hydrogen-bond acceptors (Lipinski definition) is 2. The van der Waals surface area contributed by atoms with E-state index < -0.39 is 24.2 Å². The minimum atomic E-state index is -2.86. The zero-order chi connectivity index (χ0) is 20.5. The van der Waals surface area contributed by atoms with Crippen LogP contribution in [-0.4, -0.2) is 16.5 Å². The number of allylic oxidation sites excluding steroid dienone is 1. The Morgan fingerprint density at radius 1 is 1.35 bits per heavy atom. The highest BCUT2D eigenvalue weighted by Crippen LogP contribution is 2.66. The van der Waals surface area contributed by atoms with Gasteiger partial charge < -0.3 is 5.11 Å². The highest BCUT2D eigenvalue weighted by Gasteiger charge is 2.63. The molecule has 4 rings (SSSR count). The standard InChI is InChI=1S/C21H28O2/c1-3-20-11-9-17-16-8-6-15(22)13-14(16)5-7-18(17)19(20)10-12-21(20,23)4-2/h2,13,16-19,23H,3,5-12H2,1H3/t16-,17+,18+,19-,20-,21-/m1/s1/i1D3,3D2. The van der Waals surface area contributed by atoms with E-state index in [1.807, 2.05) is 0 Å². The molecule has 0 amide bonds. The Hall–Kier alpha value is -1.07. The first kappa shape index (κ1) is 10.7. The number of fused-ring (bicyclic) bond motifs is 5. The van der Waals surface area contributed by atoms with Gasteiger partial charge in [-0.1, -0.05) is 18.3 Å². The fourth-order valence-electron chi connectivity index (χ4n) is 6.34. The fraction of sp³-hybridized carbons (Fsp3) is 0.762. The number of hydrogen-bond donors (Lipinski definition) is 1. The maximum absolute atomic E-state index is 11.8. The maximum atomic E-state index is 11.8. The van der Waals surface area contributed by atoms with Gasteiger partial charge in [-0.3, -0.25) is 4.79 Å². The Bertz CT molecular complexity index is 764. The molecule has 0 aromatic rings. The number of rotatable bonds is 1. The van der Waals surface area contributed by atoms with Gasteiger partial charge in [0.1, 0.15) is 5.60 Å². The molecule has 23 heavy (non-hydrogen) atoms. The molecule has 0 unspecified atom stereocenters. The van der Waals surface area contributed by atoms with Crippen LogP contribution in [0.1, 0.15) is 71.4 Å². The zero-order valence-electron chi connectivity index (χ0n) is 18.5. The van der Waals surface area contributed by atoms with Crippen molar-refractivity contribution >= 4 is 5.78 Å². The highest BCUT2D eigenvalue weighted by atomic mass is 16.3. The third-order valence-electron chi connectivity index (χ3n) is 7.40. The molecule has 6 atom stereocenters. The van der Waals surface area contributed by atoms with E-state index in [0.717, 1.165) is 19.3 Å². The van der Waals surface area contributed by atoms with Crippen molar-refractivity contribution < 1.29 is 16.8 Å². The molecule has 4 aliphatic carbocycles. The third kappa shape index (κ3) is 1.96. The summed E-state index contributed by atoms with van der Waals surface area (Å²) in [6.07, 6.45) is 9.67. The van der Waals surface area contributed by atoms with E-state index in [1.54, 1.807) is 6.08 Å². The van der Waals surface area contributed by atoms with Gasteiger partial charge in [-0.05, 0) is 81.1 Å². The van der Waals surface area contributed by atoms with Crippen LogP contribution in [0.2, 0.25) is 0 Å². The van der Waals surface area contributed by atoms with E-state index in [1.165, 1.54) is 5.57 Å². The first-order valence-corrected chi connectivity index (χ1v) is 8.92. The van der Waals surface area contributed by atoms with Gasteiger partial charge >= 0.3 is 0 Å². The van der Waals surface area contributed by atoms with Crippen LogP contribution < -0.4 is 0 Å². The molecule has 0 spiro atoms. The van der Waals surface area contributed by atoms with Crippen molar-refractivity contribution in [1.82, 2.24) is 0 Å². The number of carbonyl (C=O) groups is 1. The Morgan fingerprint density at radius 2 is 2.22 bits per heavy atom. The van der Waals surface area contributed by atoms with Crippen molar-refractivity contribution in [2.45, 2.75) is 70.2 Å². The Kier molecular flexibility index (Phi) is 2.43. The lowest BCUT2D eigenvalue weighted by Gasteiger charge is -2.55. The number of carbonyl (C=O) groups excluding carboxylic acids is 1. The largest absolute Gasteiger partial charge is 0.377 e. The summed E-state index contributed by atoms with van der Waals surface area (Å²) in [7, 11) is 0. The number of terminal acetylenes is 1. The summed E-state index contributed by atoms with van der Waals surface area (Å²) in [5, 5.41) is 11.3. The molecule has 0 aromatic heterocycles. The molecule has 3 saturated carbocycles. The number of aliphatic hydroxyl groups is 1. The van der Waals surface area contributed by atoms with Gasteiger partial charge in [0.15, 0.2) is 5.78 Å². The first-order valence-electron chi connectivity index (χ1n) is 11.4. The van der Waals surface area contributed by atoms with Crippen LogP contribution in [0.5, 0.6) is 0 Å². The molecular weight excluding hydrogens is 284 g/mol. The van der Waals surface area contributed by atoms with Crippen LogP contribution in [0, 0.1) is 41.4 Å². The molecule has 0 aliphatic heterocycles. The van der Waals surface area contributed by atoms with Crippen LogP contribution in [0.15, 0.2) is 11.6 Å². The quantitative estimate of drug-likeness (QED) is 0.745. The van der Waals surface area contributed by atoms with E-state index in [9.17, 15) is 9.90 Å². The van der Waals surface area contributed by atoms with Gasteiger partial charge in [-0.15, -0.1) is 6.42 Å². The van der Waals surface area contributed by atoms with Gasteiger partial charge in [0.2, 0.25) is 0 Å². The van der Waals surface area contributed by atoms with Crippen molar-refractivity contribution in [3.05, 3.63) is 11.6 Å². The molecule has 0 heterocycles. The lowest BCUT2D eigenvalue weighted by molar-refractivity contribution is -0.117. The summed E-state index contributed by atoms with van der Waals surface area (Å²) >= 11 is 0. The Balaban J connectivity index is 1.78. The summed E-state index contributed by atoms with van der Waals surface area (Å²) in [5.41, 5.74) is -1.97. The second kappa shape index (κ2) is 5.21. The van der Waals surface area contributed by atoms with Crippen molar-refractivity contribution in [3.63, 3.8) is 0 Å². The molecule has 124 valence electrons. The smallest absolute Gasteiger partial charge is 0.155 e. The van der Waals surface area contributed by atoms with E-state index in [4.69, 9.17) is 13.3 Å². The average Bonchev–Trinajstić information content (AvgIpc) is 2.95. The summed E-state index contributed by atoms with van der Waals surface area (Å²) in [4.78, 5) is 11.8. The fourth-order valence-corrected chi connectivity index (χ4v) is 6.34. The summed E-state index contributed by atoms with van der Waals surface area (Å²) in [6.45, 7) is -2.86. The van der Waals surface area contributed by atoms with Crippen molar-refractivity contribution in [1.29, 1.82) is 0 Å². The van der Waals surface area contributed by atoms with Gasteiger partial charge in [0.05, 0.1) is 0 Å². The van der Waals surface area contributed by atoms with E-state index >= 15 is 0 Å². The summed E-state index contributed by atoms with van der Waals surface area (Å²) in [6, 6.07) is 0. The predicted octanol–water partition coefficient (Wildman–Crippen LogP) is 3.88. The first-order chi connectivity index (χ1) is 13.0. The van der Waals surface area contributed by atoms with Crippen molar-refractivity contribution in [2.75, 3.05) is 0 Å². The topological polar surface area (TPSA) is 37.3 Å². The van der Waals surface area contributed by atoms with Gasteiger partial charge in [-0.25, -0.2) is 0 Å². The molecule has 3 fully saturated rings. The van der Waals surface area contributed by atoms with Crippen LogP contribution in [-0.2, 0) is 4.79 Å². The zero-order valence-corrected chi connectivity index (χ0v) is 13.5. The average molecular weight is 317 g/mol. The predicted molar refractivity (Wildman–Crippen MR) is 90.5 cm³/mol. The molecule has 2 heteroatoms.